The Kier molecular flexibility index (Phi) is 6.51. The van der Waals surface area contributed by atoms with Crippen molar-refractivity contribution in [3.8, 4) is 0 Å². The van der Waals surface area contributed by atoms with Gasteiger partial charge in [-0.15, -0.1) is 12.4 Å². The zero-order valence-corrected chi connectivity index (χ0v) is 13.5. The monoisotopic (exact) mass is 332 g/mol. The zero-order chi connectivity index (χ0) is 13.8. The van der Waals surface area contributed by atoms with E-state index in [-0.39, 0.29) is 18.5 Å². The van der Waals surface area contributed by atoms with Gasteiger partial charge in [-0.05, 0) is 32.0 Å². The van der Waals surface area contributed by atoms with E-state index in [0.717, 1.165) is 50.3 Å². The van der Waals surface area contributed by atoms with Crippen LogP contribution in [0, 0.1) is 0 Å². The third-order valence-corrected chi connectivity index (χ3v) is 4.19. The van der Waals surface area contributed by atoms with Gasteiger partial charge in [-0.2, -0.15) is 0 Å². The summed E-state index contributed by atoms with van der Waals surface area (Å²) < 4.78 is 5.84. The summed E-state index contributed by atoms with van der Waals surface area (Å²) in [6, 6.07) is 2.49. The van der Waals surface area contributed by atoms with Crippen LogP contribution in [0.5, 0.6) is 0 Å². The van der Waals surface area contributed by atoms with Gasteiger partial charge in [0.05, 0.1) is 12.7 Å². The van der Waals surface area contributed by atoms with Gasteiger partial charge in [-0.25, -0.2) is 4.98 Å². The molecular weight excluding hydrogens is 311 g/mol. The second-order valence-corrected chi connectivity index (χ2v) is 5.65. The van der Waals surface area contributed by atoms with Gasteiger partial charge in [0.25, 0.3) is 0 Å². The van der Waals surface area contributed by atoms with Gasteiger partial charge in [-0.1, -0.05) is 11.6 Å². The Balaban J connectivity index is 0.00000161. The van der Waals surface area contributed by atoms with E-state index < -0.39 is 0 Å². The van der Waals surface area contributed by atoms with Gasteiger partial charge in [0.1, 0.15) is 5.15 Å². The fourth-order valence-corrected chi connectivity index (χ4v) is 3.10. The molecule has 3 N–H and O–H groups in total. The summed E-state index contributed by atoms with van der Waals surface area (Å²) in [5.41, 5.74) is 2.05. The Labute approximate surface area is 136 Å². The van der Waals surface area contributed by atoms with E-state index in [1.807, 2.05) is 6.07 Å². The van der Waals surface area contributed by atoms with Crippen LogP contribution >= 0.6 is 24.0 Å². The van der Waals surface area contributed by atoms with Crippen LogP contribution in [0.4, 0.5) is 5.69 Å². The predicted molar refractivity (Wildman–Crippen MR) is 87.6 cm³/mol. The number of halogens is 2. The standard InChI is InChI=1S/C14H21ClN4O.ClH/c15-14-13(12-9-17-7-8-20-12)11(3-6-18-14)19-10-1-4-16-5-2-10;/h3,6,10,12,16-17H,1-2,4-5,7-9H2,(H,18,19);1H. The van der Waals surface area contributed by atoms with Crippen molar-refractivity contribution in [2.45, 2.75) is 25.0 Å². The van der Waals surface area contributed by atoms with Crippen LogP contribution < -0.4 is 16.0 Å². The second kappa shape index (κ2) is 8.15. The summed E-state index contributed by atoms with van der Waals surface area (Å²) in [6.07, 6.45) is 3.99. The molecule has 0 spiro atoms. The van der Waals surface area contributed by atoms with Crippen molar-refractivity contribution in [1.29, 1.82) is 0 Å². The predicted octanol–water partition coefficient (Wildman–Crippen LogP) is 1.98. The number of ether oxygens (including phenoxy) is 1. The molecule has 0 saturated carbocycles. The third kappa shape index (κ3) is 4.20. The fraction of sp³-hybridized carbons (Fsp3) is 0.643. The van der Waals surface area contributed by atoms with Crippen molar-refractivity contribution < 1.29 is 4.74 Å². The van der Waals surface area contributed by atoms with Crippen molar-refractivity contribution in [2.24, 2.45) is 0 Å². The van der Waals surface area contributed by atoms with Gasteiger partial charge in [0.15, 0.2) is 0 Å². The summed E-state index contributed by atoms with van der Waals surface area (Å²) in [7, 11) is 0. The lowest BCUT2D eigenvalue weighted by atomic mass is 10.0. The fourth-order valence-electron chi connectivity index (χ4n) is 2.82. The molecule has 0 aromatic carbocycles. The van der Waals surface area contributed by atoms with Gasteiger partial charge < -0.3 is 20.7 Å². The molecule has 0 aliphatic carbocycles. The van der Waals surface area contributed by atoms with E-state index in [2.05, 4.69) is 20.9 Å². The average molecular weight is 333 g/mol. The molecule has 2 aliphatic rings. The molecule has 2 aliphatic heterocycles. The van der Waals surface area contributed by atoms with Crippen molar-refractivity contribution in [3.63, 3.8) is 0 Å². The molecule has 3 rings (SSSR count). The third-order valence-electron chi connectivity index (χ3n) is 3.89. The summed E-state index contributed by atoms with van der Waals surface area (Å²) in [6.45, 7) is 4.51. The molecule has 1 unspecified atom stereocenters. The average Bonchev–Trinajstić information content (AvgIpc) is 2.49. The van der Waals surface area contributed by atoms with Crippen LogP contribution in [0.25, 0.3) is 0 Å². The Bertz CT molecular complexity index is 449. The number of nitrogens with one attached hydrogen (secondary N) is 3. The lowest BCUT2D eigenvalue weighted by Gasteiger charge is -2.29. The molecule has 1 aromatic rings. The summed E-state index contributed by atoms with van der Waals surface area (Å²) in [4.78, 5) is 4.21. The highest BCUT2D eigenvalue weighted by Gasteiger charge is 2.24. The van der Waals surface area contributed by atoms with Crippen LogP contribution in [0.15, 0.2) is 12.3 Å². The minimum Gasteiger partial charge on any atom is -0.382 e. The Morgan fingerprint density at radius 2 is 2.05 bits per heavy atom. The number of rotatable bonds is 3. The number of hydrogen-bond acceptors (Lipinski definition) is 5. The first kappa shape index (κ1) is 16.8. The van der Waals surface area contributed by atoms with Gasteiger partial charge in [0.2, 0.25) is 0 Å². The summed E-state index contributed by atoms with van der Waals surface area (Å²) in [5, 5.41) is 10.9. The molecule has 118 valence electrons. The molecule has 0 radical (unpaired) electrons. The highest BCUT2D eigenvalue weighted by Crippen LogP contribution is 2.32. The normalized spacial score (nSPS) is 23.4. The van der Waals surface area contributed by atoms with Gasteiger partial charge >= 0.3 is 0 Å². The Morgan fingerprint density at radius 1 is 1.24 bits per heavy atom. The van der Waals surface area contributed by atoms with Crippen LogP contribution in [-0.2, 0) is 4.74 Å². The highest BCUT2D eigenvalue weighted by atomic mass is 35.5. The molecule has 5 nitrogen and oxygen atoms in total. The number of anilines is 1. The smallest absolute Gasteiger partial charge is 0.136 e. The number of hydrogen-bond donors (Lipinski definition) is 3. The van der Waals surface area contributed by atoms with Crippen LogP contribution in [0.3, 0.4) is 0 Å². The van der Waals surface area contributed by atoms with E-state index in [1.165, 1.54) is 0 Å². The molecule has 2 saturated heterocycles. The number of morpholine rings is 1. The molecule has 1 aromatic heterocycles. The molecule has 0 bridgehead atoms. The van der Waals surface area contributed by atoms with Crippen molar-refractivity contribution in [2.75, 3.05) is 38.1 Å². The maximum absolute atomic E-state index is 6.31. The van der Waals surface area contributed by atoms with Gasteiger partial charge in [0, 0.05) is 36.6 Å². The quantitative estimate of drug-likeness (QED) is 0.739. The van der Waals surface area contributed by atoms with E-state index >= 15 is 0 Å². The van der Waals surface area contributed by atoms with Crippen molar-refractivity contribution in [1.82, 2.24) is 15.6 Å². The Morgan fingerprint density at radius 3 is 2.76 bits per heavy atom. The SMILES string of the molecule is Cl.Clc1nccc(NC2CCNCC2)c1C1CNCCO1. The molecule has 21 heavy (non-hydrogen) atoms. The maximum atomic E-state index is 6.31. The molecule has 2 fully saturated rings. The number of aromatic nitrogens is 1. The second-order valence-electron chi connectivity index (χ2n) is 5.30. The van der Waals surface area contributed by atoms with E-state index in [9.17, 15) is 0 Å². The molecule has 1 atom stereocenters. The van der Waals surface area contributed by atoms with E-state index in [4.69, 9.17) is 16.3 Å². The largest absolute Gasteiger partial charge is 0.382 e. The molecule has 0 amide bonds. The molecular formula is C14H22Cl2N4O. The first-order valence-electron chi connectivity index (χ1n) is 7.28. The van der Waals surface area contributed by atoms with Crippen LogP contribution in [0.1, 0.15) is 24.5 Å². The number of pyridine rings is 1. The van der Waals surface area contributed by atoms with E-state index in [1.54, 1.807) is 6.20 Å². The summed E-state index contributed by atoms with van der Waals surface area (Å²) in [5.74, 6) is 0. The minimum atomic E-state index is -0.0193. The maximum Gasteiger partial charge on any atom is 0.136 e. The lowest BCUT2D eigenvalue weighted by Crippen LogP contribution is -2.37. The number of piperidine rings is 1. The topological polar surface area (TPSA) is 58.2 Å². The van der Waals surface area contributed by atoms with Gasteiger partial charge in [-0.3, -0.25) is 0 Å². The zero-order valence-electron chi connectivity index (χ0n) is 11.9. The minimum absolute atomic E-state index is 0. The first-order valence-corrected chi connectivity index (χ1v) is 7.66. The highest BCUT2D eigenvalue weighted by molar-refractivity contribution is 6.30. The van der Waals surface area contributed by atoms with Crippen LogP contribution in [-0.4, -0.2) is 43.8 Å². The summed E-state index contributed by atoms with van der Waals surface area (Å²) >= 11 is 6.31. The lowest BCUT2D eigenvalue weighted by molar-refractivity contribution is 0.0279. The van der Waals surface area contributed by atoms with Crippen LogP contribution in [0.2, 0.25) is 5.15 Å². The molecule has 7 heteroatoms. The Hall–Kier alpha value is -0.590. The number of nitrogens with zero attached hydrogens (tertiary/aromatic N) is 1. The van der Waals surface area contributed by atoms with Crippen molar-refractivity contribution >= 4 is 29.7 Å². The van der Waals surface area contributed by atoms with E-state index in [0.29, 0.717) is 17.8 Å². The van der Waals surface area contributed by atoms with Crippen molar-refractivity contribution in [3.05, 3.63) is 23.0 Å². The first-order chi connectivity index (χ1) is 9.84. The molecule has 3 heterocycles.